The molecule has 0 aliphatic carbocycles. The molecule has 0 aliphatic heterocycles. The summed E-state index contributed by atoms with van der Waals surface area (Å²) in [6, 6.07) is 8.92. The van der Waals surface area contributed by atoms with Crippen molar-refractivity contribution in [2.24, 2.45) is 10.2 Å². The summed E-state index contributed by atoms with van der Waals surface area (Å²) in [5.41, 5.74) is 2.38. The molecule has 0 fully saturated rings. The Kier molecular flexibility index (Phi) is 4.83. The van der Waals surface area contributed by atoms with Crippen molar-refractivity contribution in [1.82, 2.24) is 9.38 Å². The Morgan fingerprint density at radius 1 is 1.23 bits per heavy atom. The highest BCUT2D eigenvalue weighted by atomic mass is 16.5. The molecule has 3 rings (SSSR count). The summed E-state index contributed by atoms with van der Waals surface area (Å²) in [6.07, 6.45) is 1.53. The van der Waals surface area contributed by atoms with Crippen molar-refractivity contribution < 1.29 is 19.4 Å². The van der Waals surface area contributed by atoms with Crippen LogP contribution in [-0.4, -0.2) is 34.7 Å². The average Bonchev–Trinajstić information content (AvgIpc) is 2.97. The average molecular weight is 354 g/mol. The number of methoxy groups -OCH3 is 2. The number of benzene rings is 1. The molecule has 0 unspecified atom stereocenters. The minimum absolute atomic E-state index is 0.245. The van der Waals surface area contributed by atoms with E-state index in [9.17, 15) is 4.79 Å². The van der Waals surface area contributed by atoms with Crippen molar-refractivity contribution in [3.8, 4) is 11.5 Å². The summed E-state index contributed by atoms with van der Waals surface area (Å²) >= 11 is 0. The third-order valence-electron chi connectivity index (χ3n) is 3.85. The fraction of sp³-hybridized carbons (Fsp3) is 0.222. The number of pyridine rings is 1. The predicted molar refractivity (Wildman–Crippen MR) is 95.0 cm³/mol. The molecule has 0 amide bonds. The van der Waals surface area contributed by atoms with Crippen LogP contribution in [-0.2, 0) is 11.2 Å². The number of rotatable bonds is 6. The van der Waals surface area contributed by atoms with Crippen molar-refractivity contribution in [2.75, 3.05) is 14.2 Å². The molecular formula is C18H18N4O4. The van der Waals surface area contributed by atoms with Crippen LogP contribution in [0.25, 0.3) is 5.65 Å². The fourth-order valence-corrected chi connectivity index (χ4v) is 2.58. The van der Waals surface area contributed by atoms with Crippen molar-refractivity contribution in [3.63, 3.8) is 0 Å². The van der Waals surface area contributed by atoms with E-state index in [0.717, 1.165) is 5.56 Å². The normalized spacial score (nSPS) is 11.2. The van der Waals surface area contributed by atoms with Gasteiger partial charge in [0.25, 0.3) is 0 Å². The Labute approximate surface area is 149 Å². The largest absolute Gasteiger partial charge is 0.497 e. The van der Waals surface area contributed by atoms with E-state index in [1.54, 1.807) is 35.9 Å². The third-order valence-corrected chi connectivity index (χ3v) is 3.85. The van der Waals surface area contributed by atoms with Crippen molar-refractivity contribution in [1.29, 1.82) is 0 Å². The third kappa shape index (κ3) is 3.34. The van der Waals surface area contributed by atoms with Gasteiger partial charge in [0.05, 0.1) is 26.3 Å². The van der Waals surface area contributed by atoms with Gasteiger partial charge in [0.1, 0.15) is 22.8 Å². The van der Waals surface area contributed by atoms with Crippen LogP contribution in [0.15, 0.2) is 46.8 Å². The second kappa shape index (κ2) is 7.22. The van der Waals surface area contributed by atoms with Gasteiger partial charge in [0.2, 0.25) is 0 Å². The quantitative estimate of drug-likeness (QED) is 0.681. The number of aromatic nitrogens is 2. The molecule has 2 aromatic heterocycles. The lowest BCUT2D eigenvalue weighted by molar-refractivity contribution is -0.136. The molecule has 1 N–H and O–H groups in total. The van der Waals surface area contributed by atoms with E-state index in [2.05, 4.69) is 15.2 Å². The summed E-state index contributed by atoms with van der Waals surface area (Å²) < 4.78 is 12.2. The number of hydrogen-bond acceptors (Lipinski definition) is 6. The number of ether oxygens (including phenoxy) is 2. The maximum atomic E-state index is 11.2. The molecule has 0 spiro atoms. The van der Waals surface area contributed by atoms with Gasteiger partial charge in [-0.3, -0.25) is 9.20 Å². The van der Waals surface area contributed by atoms with Gasteiger partial charge >= 0.3 is 5.97 Å². The highest BCUT2D eigenvalue weighted by Crippen LogP contribution is 2.33. The molecule has 0 atom stereocenters. The molecular weight excluding hydrogens is 336 g/mol. The van der Waals surface area contributed by atoms with Gasteiger partial charge in [-0.05, 0) is 30.7 Å². The summed E-state index contributed by atoms with van der Waals surface area (Å²) in [5, 5.41) is 17.7. The summed E-state index contributed by atoms with van der Waals surface area (Å²) in [4.78, 5) is 15.6. The Balaban J connectivity index is 2.12. The van der Waals surface area contributed by atoms with Gasteiger partial charge in [0.15, 0.2) is 5.82 Å². The van der Waals surface area contributed by atoms with Crippen LogP contribution in [0.5, 0.6) is 11.5 Å². The predicted octanol–water partition coefficient (Wildman–Crippen LogP) is 3.70. The molecule has 3 aromatic rings. The van der Waals surface area contributed by atoms with Crippen molar-refractivity contribution in [2.45, 2.75) is 13.3 Å². The lowest BCUT2D eigenvalue weighted by atomic mass is 10.3. The molecule has 0 saturated heterocycles. The standard InChI is InChI=1S/C18H18N4O4/c1-11-5-4-8-22-17(11)19-14(10-16(23)24)18(22)21-20-13-9-12(25-2)6-7-15(13)26-3/h4-9H,10H2,1-3H3,(H,23,24). The number of nitrogens with zero attached hydrogens (tertiary/aromatic N) is 4. The van der Waals surface area contributed by atoms with E-state index in [0.29, 0.717) is 34.3 Å². The van der Waals surface area contributed by atoms with E-state index < -0.39 is 5.97 Å². The van der Waals surface area contributed by atoms with Gasteiger partial charge < -0.3 is 14.6 Å². The van der Waals surface area contributed by atoms with Crippen LogP contribution in [0, 0.1) is 6.92 Å². The van der Waals surface area contributed by atoms with E-state index in [4.69, 9.17) is 14.6 Å². The highest BCUT2D eigenvalue weighted by molar-refractivity contribution is 5.72. The zero-order valence-electron chi connectivity index (χ0n) is 14.6. The lowest BCUT2D eigenvalue weighted by Crippen LogP contribution is -2.00. The SMILES string of the molecule is COc1ccc(OC)c(N=Nc2c(CC(=O)O)nc3c(C)cccn23)c1. The molecule has 1 aromatic carbocycles. The number of carboxylic acids is 1. The van der Waals surface area contributed by atoms with E-state index in [-0.39, 0.29) is 6.42 Å². The first kappa shape index (κ1) is 17.4. The second-order valence-corrected chi connectivity index (χ2v) is 5.58. The first-order chi connectivity index (χ1) is 12.5. The van der Waals surface area contributed by atoms with Gasteiger partial charge in [-0.1, -0.05) is 6.07 Å². The van der Waals surface area contributed by atoms with Crippen LogP contribution < -0.4 is 9.47 Å². The fourth-order valence-electron chi connectivity index (χ4n) is 2.58. The first-order valence-electron chi connectivity index (χ1n) is 7.85. The Morgan fingerprint density at radius 2 is 2.04 bits per heavy atom. The van der Waals surface area contributed by atoms with E-state index in [1.165, 1.54) is 7.11 Å². The Bertz CT molecular complexity index is 994. The zero-order valence-corrected chi connectivity index (χ0v) is 14.6. The van der Waals surface area contributed by atoms with Crippen LogP contribution in [0.1, 0.15) is 11.3 Å². The van der Waals surface area contributed by atoms with Gasteiger partial charge in [0, 0.05) is 12.3 Å². The minimum Gasteiger partial charge on any atom is -0.497 e. The van der Waals surface area contributed by atoms with Crippen LogP contribution in [0.3, 0.4) is 0 Å². The van der Waals surface area contributed by atoms with E-state index in [1.807, 2.05) is 19.1 Å². The molecule has 134 valence electrons. The first-order valence-corrected chi connectivity index (χ1v) is 7.85. The molecule has 2 heterocycles. The monoisotopic (exact) mass is 354 g/mol. The number of carboxylic acid groups (broad SMARTS) is 1. The number of carbonyl (C=O) groups is 1. The maximum Gasteiger partial charge on any atom is 0.309 e. The van der Waals surface area contributed by atoms with Gasteiger partial charge in [-0.25, -0.2) is 4.98 Å². The molecule has 0 radical (unpaired) electrons. The summed E-state index contributed by atoms with van der Waals surface area (Å²) in [6.45, 7) is 1.90. The molecule has 0 bridgehead atoms. The molecule has 26 heavy (non-hydrogen) atoms. The second-order valence-electron chi connectivity index (χ2n) is 5.58. The molecule has 8 nitrogen and oxygen atoms in total. The maximum absolute atomic E-state index is 11.2. The van der Waals surface area contributed by atoms with Gasteiger partial charge in [-0.2, -0.15) is 0 Å². The van der Waals surface area contributed by atoms with Gasteiger partial charge in [-0.15, -0.1) is 10.2 Å². The number of aryl methyl sites for hydroxylation is 1. The van der Waals surface area contributed by atoms with Crippen molar-refractivity contribution >= 4 is 23.1 Å². The van der Waals surface area contributed by atoms with Crippen molar-refractivity contribution in [3.05, 3.63) is 47.8 Å². The van der Waals surface area contributed by atoms with Crippen LogP contribution >= 0.6 is 0 Å². The van der Waals surface area contributed by atoms with E-state index >= 15 is 0 Å². The number of hydrogen-bond donors (Lipinski definition) is 1. The Hall–Kier alpha value is -3.42. The Morgan fingerprint density at radius 3 is 2.73 bits per heavy atom. The highest BCUT2D eigenvalue weighted by Gasteiger charge is 2.16. The molecule has 0 saturated carbocycles. The number of fused-ring (bicyclic) bond motifs is 1. The molecule has 8 heteroatoms. The summed E-state index contributed by atoms with van der Waals surface area (Å²) in [5.74, 6) is 0.524. The van der Waals surface area contributed by atoms with Crippen LogP contribution in [0.4, 0.5) is 11.5 Å². The molecule has 0 aliphatic rings. The zero-order chi connectivity index (χ0) is 18.7. The lowest BCUT2D eigenvalue weighted by Gasteiger charge is -2.06. The minimum atomic E-state index is -0.985. The smallest absolute Gasteiger partial charge is 0.309 e. The number of imidazole rings is 1. The number of aliphatic carboxylic acids is 1. The topological polar surface area (TPSA) is 97.8 Å². The summed E-state index contributed by atoms with van der Waals surface area (Å²) in [7, 11) is 3.09. The number of azo groups is 1. The van der Waals surface area contributed by atoms with Crippen LogP contribution in [0.2, 0.25) is 0 Å².